The van der Waals surface area contributed by atoms with Crippen LogP contribution in [0, 0.1) is 12.8 Å². The molecular formula is C22H24N4O3. The molecular weight excluding hydrogens is 368 g/mol. The topological polar surface area (TPSA) is 67.8 Å². The number of carbonyl (C=O) groups excluding carboxylic acids is 1. The average Bonchev–Trinajstić information content (AvgIpc) is 3.40. The van der Waals surface area contributed by atoms with Crippen LogP contribution < -0.4 is 9.47 Å². The van der Waals surface area contributed by atoms with Crippen LogP contribution in [0.1, 0.15) is 40.5 Å². The molecule has 6 heterocycles. The van der Waals surface area contributed by atoms with Crippen molar-refractivity contribution in [2.75, 3.05) is 26.4 Å². The van der Waals surface area contributed by atoms with E-state index in [1.54, 1.807) is 12.4 Å². The standard InChI is InChI=1S/C22H24N4O3/c1-13-23-9-16(10-24-13)22(27)26-11-17(15-2-3-18-19(8-15)29-12-28-18)21-20(26)14-4-6-25(21)7-5-14/h2-3,8-10,14,17,20-21H,4-7,11-12H2,1H3/t17-,20+,21+/m1/s1. The van der Waals surface area contributed by atoms with Gasteiger partial charge in [-0.05, 0) is 56.5 Å². The maximum atomic E-state index is 13.4. The van der Waals surface area contributed by atoms with Crippen molar-refractivity contribution in [2.45, 2.75) is 37.8 Å². The Morgan fingerprint density at radius 1 is 1.07 bits per heavy atom. The van der Waals surface area contributed by atoms with Crippen LogP contribution in [0.5, 0.6) is 11.5 Å². The summed E-state index contributed by atoms with van der Waals surface area (Å²) in [6, 6.07) is 6.86. The van der Waals surface area contributed by atoms with Crippen molar-refractivity contribution in [3.63, 3.8) is 0 Å². The molecule has 150 valence electrons. The second-order valence-corrected chi connectivity index (χ2v) is 8.55. The zero-order valence-corrected chi connectivity index (χ0v) is 16.5. The van der Waals surface area contributed by atoms with Crippen LogP contribution in [0.25, 0.3) is 0 Å². The van der Waals surface area contributed by atoms with Gasteiger partial charge in [-0.15, -0.1) is 0 Å². The van der Waals surface area contributed by atoms with Gasteiger partial charge in [0.25, 0.3) is 5.91 Å². The van der Waals surface area contributed by atoms with E-state index in [0.717, 1.165) is 24.6 Å². The van der Waals surface area contributed by atoms with E-state index in [0.29, 0.717) is 29.9 Å². The SMILES string of the molecule is Cc1ncc(C(=O)N2C[C@H](c3ccc4c(c3)OCO4)[C@H]3[C@@H]2C2CCN3CC2)cn1. The third kappa shape index (κ3) is 2.64. The van der Waals surface area contributed by atoms with Crippen LogP contribution in [0.3, 0.4) is 0 Å². The van der Waals surface area contributed by atoms with Gasteiger partial charge in [-0.2, -0.15) is 0 Å². The highest BCUT2D eigenvalue weighted by Crippen LogP contribution is 2.48. The highest BCUT2D eigenvalue weighted by molar-refractivity contribution is 5.94. The molecule has 7 nitrogen and oxygen atoms in total. The zero-order chi connectivity index (χ0) is 19.5. The van der Waals surface area contributed by atoms with Crippen LogP contribution >= 0.6 is 0 Å². The molecule has 1 aromatic carbocycles. The number of carbonyl (C=O) groups is 1. The second kappa shape index (κ2) is 6.42. The van der Waals surface area contributed by atoms with Crippen LogP contribution in [-0.4, -0.2) is 64.2 Å². The number of hydrogen-bond acceptors (Lipinski definition) is 6. The second-order valence-electron chi connectivity index (χ2n) is 8.55. The first-order chi connectivity index (χ1) is 14.2. The summed E-state index contributed by atoms with van der Waals surface area (Å²) < 4.78 is 11.1. The largest absolute Gasteiger partial charge is 0.454 e. The van der Waals surface area contributed by atoms with Gasteiger partial charge >= 0.3 is 0 Å². The lowest BCUT2D eigenvalue weighted by Gasteiger charge is -2.51. The average molecular weight is 392 g/mol. The van der Waals surface area contributed by atoms with Gasteiger partial charge in [0, 0.05) is 30.9 Å². The van der Waals surface area contributed by atoms with E-state index in [9.17, 15) is 4.79 Å². The number of likely N-dealkylation sites (tertiary alicyclic amines) is 1. The number of rotatable bonds is 2. The molecule has 5 aliphatic rings. The van der Waals surface area contributed by atoms with Crippen molar-refractivity contribution < 1.29 is 14.3 Å². The number of benzene rings is 1. The third-order valence-electron chi connectivity index (χ3n) is 7.11. The van der Waals surface area contributed by atoms with E-state index >= 15 is 0 Å². The fourth-order valence-corrected chi connectivity index (χ4v) is 5.76. The van der Waals surface area contributed by atoms with Crippen LogP contribution in [-0.2, 0) is 0 Å². The number of ether oxygens (including phenoxy) is 2. The van der Waals surface area contributed by atoms with Crippen LogP contribution in [0.15, 0.2) is 30.6 Å². The molecule has 0 radical (unpaired) electrons. The van der Waals surface area contributed by atoms with E-state index in [-0.39, 0.29) is 24.7 Å². The molecule has 1 aromatic heterocycles. The minimum atomic E-state index is 0.0528. The number of hydrogen-bond donors (Lipinski definition) is 0. The molecule has 0 aliphatic carbocycles. The molecule has 0 spiro atoms. The fourth-order valence-electron chi connectivity index (χ4n) is 5.76. The zero-order valence-electron chi connectivity index (χ0n) is 16.5. The van der Waals surface area contributed by atoms with Crippen molar-refractivity contribution in [1.29, 1.82) is 0 Å². The number of piperidine rings is 3. The highest BCUT2D eigenvalue weighted by Gasteiger charge is 2.54. The Hall–Kier alpha value is -2.67. The van der Waals surface area contributed by atoms with Crippen molar-refractivity contribution in [1.82, 2.24) is 19.8 Å². The Bertz CT molecular complexity index is 955. The normalized spacial score (nSPS) is 31.8. The minimum absolute atomic E-state index is 0.0528. The molecule has 5 aliphatic heterocycles. The monoisotopic (exact) mass is 392 g/mol. The van der Waals surface area contributed by atoms with Crippen molar-refractivity contribution in [2.24, 2.45) is 5.92 Å². The van der Waals surface area contributed by atoms with Crippen LogP contribution in [0.4, 0.5) is 0 Å². The molecule has 4 saturated heterocycles. The lowest BCUT2D eigenvalue weighted by Crippen LogP contribution is -2.60. The fraction of sp³-hybridized carbons (Fsp3) is 0.500. The van der Waals surface area contributed by atoms with E-state index in [4.69, 9.17) is 9.47 Å². The van der Waals surface area contributed by atoms with Gasteiger partial charge in [0.05, 0.1) is 11.6 Å². The van der Waals surface area contributed by atoms with Gasteiger partial charge in [0.15, 0.2) is 11.5 Å². The van der Waals surface area contributed by atoms with E-state index in [2.05, 4.69) is 31.9 Å². The lowest BCUT2D eigenvalue weighted by atomic mass is 9.75. The Morgan fingerprint density at radius 3 is 2.62 bits per heavy atom. The minimum Gasteiger partial charge on any atom is -0.454 e. The predicted molar refractivity (Wildman–Crippen MR) is 105 cm³/mol. The van der Waals surface area contributed by atoms with Crippen molar-refractivity contribution in [3.8, 4) is 11.5 Å². The molecule has 29 heavy (non-hydrogen) atoms. The maximum Gasteiger partial charge on any atom is 0.257 e. The van der Waals surface area contributed by atoms with Gasteiger partial charge in [-0.1, -0.05) is 6.07 Å². The molecule has 3 atom stereocenters. The summed E-state index contributed by atoms with van der Waals surface area (Å²) >= 11 is 0. The summed E-state index contributed by atoms with van der Waals surface area (Å²) in [7, 11) is 0. The van der Waals surface area contributed by atoms with E-state index in [1.165, 1.54) is 18.4 Å². The summed E-state index contributed by atoms with van der Waals surface area (Å²) in [5.41, 5.74) is 1.81. The number of fused-ring (bicyclic) bond motifs is 3. The first kappa shape index (κ1) is 17.2. The highest BCUT2D eigenvalue weighted by atomic mass is 16.7. The van der Waals surface area contributed by atoms with Gasteiger partial charge in [0.1, 0.15) is 5.82 Å². The first-order valence-corrected chi connectivity index (χ1v) is 10.4. The Kier molecular flexibility index (Phi) is 3.81. The van der Waals surface area contributed by atoms with Gasteiger partial charge in [-0.3, -0.25) is 9.69 Å². The maximum absolute atomic E-state index is 13.4. The summed E-state index contributed by atoms with van der Waals surface area (Å²) in [5, 5.41) is 0. The third-order valence-corrected chi connectivity index (χ3v) is 7.11. The Balaban J connectivity index is 1.37. The number of amides is 1. The van der Waals surface area contributed by atoms with Gasteiger partial charge in [0.2, 0.25) is 6.79 Å². The van der Waals surface area contributed by atoms with E-state index in [1.807, 2.05) is 13.0 Å². The van der Waals surface area contributed by atoms with Gasteiger partial charge < -0.3 is 14.4 Å². The van der Waals surface area contributed by atoms with Crippen molar-refractivity contribution >= 4 is 5.91 Å². The smallest absolute Gasteiger partial charge is 0.257 e. The molecule has 2 aromatic rings. The van der Waals surface area contributed by atoms with Crippen molar-refractivity contribution in [3.05, 3.63) is 47.5 Å². The Morgan fingerprint density at radius 2 is 1.83 bits per heavy atom. The molecule has 0 unspecified atom stereocenters. The lowest BCUT2D eigenvalue weighted by molar-refractivity contribution is -0.00344. The first-order valence-electron chi connectivity index (χ1n) is 10.4. The van der Waals surface area contributed by atoms with Crippen LogP contribution in [0.2, 0.25) is 0 Å². The van der Waals surface area contributed by atoms with Gasteiger partial charge in [-0.25, -0.2) is 9.97 Å². The molecule has 7 rings (SSSR count). The summed E-state index contributed by atoms with van der Waals surface area (Å²) in [4.78, 5) is 26.6. The molecule has 0 N–H and O–H groups in total. The molecule has 2 bridgehead atoms. The molecule has 0 saturated carbocycles. The Labute approximate surface area is 169 Å². The number of nitrogens with zero attached hydrogens (tertiary/aromatic N) is 4. The van der Waals surface area contributed by atoms with E-state index < -0.39 is 0 Å². The number of aromatic nitrogens is 2. The molecule has 4 fully saturated rings. The predicted octanol–water partition coefficient (Wildman–Crippen LogP) is 2.22. The summed E-state index contributed by atoms with van der Waals surface area (Å²) in [6.45, 7) is 5.09. The molecule has 1 amide bonds. The summed E-state index contributed by atoms with van der Waals surface area (Å²) in [6.07, 6.45) is 5.66. The number of aryl methyl sites for hydroxylation is 1. The quantitative estimate of drug-likeness (QED) is 0.781. The summed E-state index contributed by atoms with van der Waals surface area (Å²) in [5.74, 6) is 3.19. The molecule has 7 heteroatoms.